The molecule has 0 radical (unpaired) electrons. The minimum atomic E-state index is -0.268. The molecule has 1 aromatic heterocycles. The van der Waals surface area contributed by atoms with Gasteiger partial charge in [0.15, 0.2) is 0 Å². The molecule has 0 amide bonds. The lowest BCUT2D eigenvalue weighted by molar-refractivity contribution is 0.566. The van der Waals surface area contributed by atoms with Crippen LogP contribution < -0.4 is 5.32 Å². The number of benzene rings is 2. The van der Waals surface area contributed by atoms with E-state index in [2.05, 4.69) is 95.4 Å². The third kappa shape index (κ3) is 3.53. The maximum atomic E-state index is 4.73. The molecule has 0 fully saturated rings. The molecule has 3 aromatic rings. The van der Waals surface area contributed by atoms with Gasteiger partial charge in [-0.2, -0.15) is 0 Å². The standard InChI is InChI=1S/C23H28N2/c1-16-10-9-13-19(22(2,3)4)21(16)25-23(5,6)20-14-17-11-7-8-12-18(17)15-24-20/h7-15,25H,1-6H3. The van der Waals surface area contributed by atoms with Gasteiger partial charge in [0.25, 0.3) is 0 Å². The number of rotatable bonds is 3. The van der Waals surface area contributed by atoms with Crippen molar-refractivity contribution in [2.24, 2.45) is 0 Å². The van der Waals surface area contributed by atoms with E-state index in [1.54, 1.807) is 0 Å². The highest BCUT2D eigenvalue weighted by Gasteiger charge is 2.26. The third-order valence-electron chi connectivity index (χ3n) is 4.79. The molecule has 1 N–H and O–H groups in total. The number of anilines is 1. The largest absolute Gasteiger partial charge is 0.374 e. The maximum absolute atomic E-state index is 4.73. The Morgan fingerprint density at radius 3 is 2.20 bits per heavy atom. The van der Waals surface area contributed by atoms with Gasteiger partial charge >= 0.3 is 0 Å². The van der Waals surface area contributed by atoms with Gasteiger partial charge in [-0.3, -0.25) is 4.98 Å². The first-order valence-corrected chi connectivity index (χ1v) is 8.92. The molecule has 0 unspecified atom stereocenters. The number of para-hydroxylation sites is 1. The number of aryl methyl sites for hydroxylation is 1. The molecule has 0 bridgehead atoms. The van der Waals surface area contributed by atoms with E-state index in [9.17, 15) is 0 Å². The van der Waals surface area contributed by atoms with Gasteiger partial charge in [-0.1, -0.05) is 63.2 Å². The van der Waals surface area contributed by atoms with Crippen LogP contribution in [0.5, 0.6) is 0 Å². The highest BCUT2D eigenvalue weighted by molar-refractivity contribution is 5.82. The van der Waals surface area contributed by atoms with Crippen LogP contribution in [0.15, 0.2) is 54.7 Å². The topological polar surface area (TPSA) is 24.9 Å². The fourth-order valence-electron chi connectivity index (χ4n) is 3.26. The van der Waals surface area contributed by atoms with Crippen LogP contribution in [0.4, 0.5) is 5.69 Å². The number of nitrogens with one attached hydrogen (secondary N) is 1. The Hall–Kier alpha value is -2.35. The number of aromatic nitrogens is 1. The molecule has 0 saturated carbocycles. The third-order valence-corrected chi connectivity index (χ3v) is 4.79. The molecule has 0 aliphatic heterocycles. The van der Waals surface area contributed by atoms with Crippen molar-refractivity contribution < 1.29 is 0 Å². The van der Waals surface area contributed by atoms with Crippen molar-refractivity contribution in [1.82, 2.24) is 4.98 Å². The van der Waals surface area contributed by atoms with E-state index >= 15 is 0 Å². The summed E-state index contributed by atoms with van der Waals surface area (Å²) in [6.07, 6.45) is 1.97. The second-order valence-electron chi connectivity index (χ2n) is 8.41. The number of hydrogen-bond donors (Lipinski definition) is 1. The summed E-state index contributed by atoms with van der Waals surface area (Å²) in [5.74, 6) is 0. The smallest absolute Gasteiger partial charge is 0.0739 e. The lowest BCUT2D eigenvalue weighted by Crippen LogP contribution is -2.31. The molecular formula is C23H28N2. The van der Waals surface area contributed by atoms with Gasteiger partial charge in [-0.15, -0.1) is 0 Å². The predicted octanol–water partition coefficient (Wildman–Crippen LogP) is 6.19. The molecule has 3 rings (SSSR count). The first-order chi connectivity index (χ1) is 11.7. The fourth-order valence-corrected chi connectivity index (χ4v) is 3.26. The van der Waals surface area contributed by atoms with Crippen LogP contribution in [0.1, 0.15) is 51.4 Å². The first-order valence-electron chi connectivity index (χ1n) is 8.92. The summed E-state index contributed by atoms with van der Waals surface area (Å²) in [6, 6.07) is 17.1. The normalized spacial score (nSPS) is 12.4. The molecule has 0 aliphatic carbocycles. The lowest BCUT2D eigenvalue weighted by atomic mass is 9.83. The number of hydrogen-bond acceptors (Lipinski definition) is 2. The fraction of sp³-hybridized carbons (Fsp3) is 0.348. The summed E-state index contributed by atoms with van der Waals surface area (Å²) < 4.78 is 0. The summed E-state index contributed by atoms with van der Waals surface area (Å²) in [6.45, 7) is 13.3. The quantitative estimate of drug-likeness (QED) is 0.618. The number of nitrogens with zero attached hydrogens (tertiary/aromatic N) is 1. The summed E-state index contributed by atoms with van der Waals surface area (Å²) in [5.41, 5.74) is 4.68. The van der Waals surface area contributed by atoms with E-state index in [4.69, 9.17) is 4.98 Å². The zero-order valence-electron chi connectivity index (χ0n) is 16.1. The van der Waals surface area contributed by atoms with Gasteiger partial charge < -0.3 is 5.32 Å². The maximum Gasteiger partial charge on any atom is 0.0739 e. The lowest BCUT2D eigenvalue weighted by Gasteiger charge is -2.32. The molecule has 0 saturated heterocycles. The Kier molecular flexibility index (Phi) is 4.32. The average molecular weight is 332 g/mol. The average Bonchev–Trinajstić information content (AvgIpc) is 2.55. The van der Waals surface area contributed by atoms with Crippen molar-refractivity contribution in [3.8, 4) is 0 Å². The van der Waals surface area contributed by atoms with E-state index in [0.717, 1.165) is 5.69 Å². The van der Waals surface area contributed by atoms with E-state index < -0.39 is 0 Å². The van der Waals surface area contributed by atoms with E-state index in [-0.39, 0.29) is 11.0 Å². The number of pyridine rings is 1. The Labute approximate surface area is 151 Å². The first kappa shape index (κ1) is 17.5. The highest BCUT2D eigenvalue weighted by atomic mass is 15.0. The van der Waals surface area contributed by atoms with Gasteiger partial charge in [0.2, 0.25) is 0 Å². The van der Waals surface area contributed by atoms with Crippen LogP contribution in [-0.2, 0) is 11.0 Å². The van der Waals surface area contributed by atoms with Gasteiger partial charge in [0, 0.05) is 17.3 Å². The molecule has 0 atom stereocenters. The van der Waals surface area contributed by atoms with Gasteiger partial charge in [-0.25, -0.2) is 0 Å². The van der Waals surface area contributed by atoms with Crippen molar-refractivity contribution in [1.29, 1.82) is 0 Å². The summed E-state index contributed by atoms with van der Waals surface area (Å²) in [5, 5.41) is 6.18. The Morgan fingerprint density at radius 1 is 0.840 bits per heavy atom. The Morgan fingerprint density at radius 2 is 1.52 bits per heavy atom. The Bertz CT molecular complexity index is 901. The van der Waals surface area contributed by atoms with Crippen molar-refractivity contribution >= 4 is 16.5 Å². The molecule has 2 nitrogen and oxygen atoms in total. The van der Waals surface area contributed by atoms with Crippen LogP contribution in [0.3, 0.4) is 0 Å². The molecule has 25 heavy (non-hydrogen) atoms. The second-order valence-corrected chi connectivity index (χ2v) is 8.41. The minimum absolute atomic E-state index is 0.0846. The van der Waals surface area contributed by atoms with Crippen LogP contribution in [0, 0.1) is 6.92 Å². The summed E-state index contributed by atoms with van der Waals surface area (Å²) >= 11 is 0. The van der Waals surface area contributed by atoms with E-state index in [0.29, 0.717) is 0 Å². The van der Waals surface area contributed by atoms with Gasteiger partial charge in [0.05, 0.1) is 11.2 Å². The molecule has 2 heteroatoms. The Balaban J connectivity index is 2.04. The zero-order chi connectivity index (χ0) is 18.2. The molecule has 130 valence electrons. The molecule has 0 aliphatic rings. The van der Waals surface area contributed by atoms with Crippen molar-refractivity contribution in [3.05, 3.63) is 71.5 Å². The van der Waals surface area contributed by atoms with Crippen molar-refractivity contribution in [3.63, 3.8) is 0 Å². The minimum Gasteiger partial charge on any atom is -0.374 e. The summed E-state index contributed by atoms with van der Waals surface area (Å²) in [7, 11) is 0. The van der Waals surface area contributed by atoms with E-state index in [1.807, 2.05) is 6.20 Å². The zero-order valence-corrected chi connectivity index (χ0v) is 16.1. The molecule has 1 heterocycles. The van der Waals surface area contributed by atoms with E-state index in [1.165, 1.54) is 27.6 Å². The molecule has 2 aromatic carbocycles. The summed E-state index contributed by atoms with van der Waals surface area (Å²) in [4.78, 5) is 4.73. The molecular weight excluding hydrogens is 304 g/mol. The molecule has 0 spiro atoms. The van der Waals surface area contributed by atoms with Gasteiger partial charge in [0.1, 0.15) is 0 Å². The van der Waals surface area contributed by atoms with Crippen LogP contribution in [0.25, 0.3) is 10.8 Å². The van der Waals surface area contributed by atoms with Crippen molar-refractivity contribution in [2.45, 2.75) is 52.5 Å². The van der Waals surface area contributed by atoms with Gasteiger partial charge in [-0.05, 0) is 48.8 Å². The monoisotopic (exact) mass is 332 g/mol. The van der Waals surface area contributed by atoms with Crippen LogP contribution >= 0.6 is 0 Å². The van der Waals surface area contributed by atoms with Crippen molar-refractivity contribution in [2.75, 3.05) is 5.32 Å². The predicted molar refractivity (Wildman–Crippen MR) is 108 cm³/mol. The SMILES string of the molecule is Cc1cccc(C(C)(C)C)c1NC(C)(C)c1cc2ccccc2cn1. The number of fused-ring (bicyclic) bond motifs is 1. The highest BCUT2D eigenvalue weighted by Crippen LogP contribution is 2.36. The van der Waals surface area contributed by atoms with Crippen LogP contribution in [0.2, 0.25) is 0 Å². The van der Waals surface area contributed by atoms with Crippen LogP contribution in [-0.4, -0.2) is 4.98 Å². The second kappa shape index (κ2) is 6.18.